The van der Waals surface area contributed by atoms with Crippen molar-refractivity contribution in [2.75, 3.05) is 25.5 Å². The van der Waals surface area contributed by atoms with Crippen LogP contribution in [-0.2, 0) is 0 Å². The zero-order valence-electron chi connectivity index (χ0n) is 12.7. The standard InChI is InChI=1S/C16H26N4/c1-12-11-15(13-5-3-6-13)19-16(18-12)17-9-8-14-7-4-10-20(14)2/h11,13-14H,3-10H2,1-2H3,(H,17,18,19)/t14-/m0/s1. The van der Waals surface area contributed by atoms with Gasteiger partial charge in [-0.25, -0.2) is 9.97 Å². The van der Waals surface area contributed by atoms with Crippen LogP contribution in [0.4, 0.5) is 5.95 Å². The Labute approximate surface area is 122 Å². The molecule has 1 aliphatic heterocycles. The lowest BCUT2D eigenvalue weighted by Gasteiger charge is -2.25. The molecule has 1 atom stereocenters. The molecule has 4 heteroatoms. The van der Waals surface area contributed by atoms with Gasteiger partial charge in [0.2, 0.25) is 5.95 Å². The van der Waals surface area contributed by atoms with E-state index in [1.165, 1.54) is 50.8 Å². The Morgan fingerprint density at radius 3 is 2.75 bits per heavy atom. The maximum absolute atomic E-state index is 4.70. The third-order valence-corrected chi connectivity index (χ3v) is 4.83. The number of anilines is 1. The quantitative estimate of drug-likeness (QED) is 0.896. The number of rotatable bonds is 5. The van der Waals surface area contributed by atoms with Gasteiger partial charge in [0.1, 0.15) is 0 Å². The van der Waals surface area contributed by atoms with Gasteiger partial charge in [0.25, 0.3) is 0 Å². The monoisotopic (exact) mass is 274 g/mol. The highest BCUT2D eigenvalue weighted by molar-refractivity contribution is 5.30. The van der Waals surface area contributed by atoms with Gasteiger partial charge in [-0.3, -0.25) is 0 Å². The SMILES string of the molecule is Cc1cc(C2CCC2)nc(NCC[C@@H]2CCCN2C)n1. The van der Waals surface area contributed by atoms with Gasteiger partial charge >= 0.3 is 0 Å². The van der Waals surface area contributed by atoms with E-state index in [1.807, 2.05) is 0 Å². The highest BCUT2D eigenvalue weighted by atomic mass is 15.2. The average molecular weight is 274 g/mol. The van der Waals surface area contributed by atoms with Crippen LogP contribution in [0.3, 0.4) is 0 Å². The summed E-state index contributed by atoms with van der Waals surface area (Å²) in [6.45, 7) is 4.29. The third kappa shape index (κ3) is 3.11. The smallest absolute Gasteiger partial charge is 0.223 e. The second kappa shape index (κ2) is 6.08. The van der Waals surface area contributed by atoms with Crippen LogP contribution < -0.4 is 5.32 Å². The zero-order chi connectivity index (χ0) is 13.9. The molecule has 1 aliphatic carbocycles. The van der Waals surface area contributed by atoms with Crippen molar-refractivity contribution < 1.29 is 0 Å². The lowest BCUT2D eigenvalue weighted by Crippen LogP contribution is -2.27. The highest BCUT2D eigenvalue weighted by Gasteiger charge is 2.22. The molecule has 0 radical (unpaired) electrons. The highest BCUT2D eigenvalue weighted by Crippen LogP contribution is 2.35. The number of nitrogens with one attached hydrogen (secondary N) is 1. The fourth-order valence-electron chi connectivity index (χ4n) is 3.28. The largest absolute Gasteiger partial charge is 0.354 e. The van der Waals surface area contributed by atoms with Gasteiger partial charge in [-0.1, -0.05) is 6.42 Å². The minimum absolute atomic E-state index is 0.679. The molecule has 0 aromatic carbocycles. The van der Waals surface area contributed by atoms with Crippen LogP contribution in [0.1, 0.15) is 55.8 Å². The van der Waals surface area contributed by atoms with Crippen molar-refractivity contribution in [1.29, 1.82) is 0 Å². The zero-order valence-corrected chi connectivity index (χ0v) is 12.7. The van der Waals surface area contributed by atoms with E-state index >= 15 is 0 Å². The fourth-order valence-corrected chi connectivity index (χ4v) is 3.28. The van der Waals surface area contributed by atoms with Crippen molar-refractivity contribution in [3.05, 3.63) is 17.5 Å². The number of nitrogens with zero attached hydrogens (tertiary/aromatic N) is 3. The molecule has 20 heavy (non-hydrogen) atoms. The Balaban J connectivity index is 1.55. The Hall–Kier alpha value is -1.16. The fraction of sp³-hybridized carbons (Fsp3) is 0.750. The number of hydrogen-bond acceptors (Lipinski definition) is 4. The summed E-state index contributed by atoms with van der Waals surface area (Å²) >= 11 is 0. The number of aryl methyl sites for hydroxylation is 1. The lowest BCUT2D eigenvalue weighted by molar-refractivity contribution is 0.301. The van der Waals surface area contributed by atoms with Crippen LogP contribution in [0.2, 0.25) is 0 Å². The van der Waals surface area contributed by atoms with Gasteiger partial charge < -0.3 is 10.2 Å². The van der Waals surface area contributed by atoms with Crippen molar-refractivity contribution in [3.63, 3.8) is 0 Å². The van der Waals surface area contributed by atoms with Crippen LogP contribution in [0.15, 0.2) is 6.07 Å². The normalized spacial score (nSPS) is 23.8. The van der Waals surface area contributed by atoms with Crippen molar-refractivity contribution in [3.8, 4) is 0 Å². The minimum Gasteiger partial charge on any atom is -0.354 e. The van der Waals surface area contributed by atoms with E-state index in [1.54, 1.807) is 0 Å². The Kier molecular flexibility index (Phi) is 4.20. The summed E-state index contributed by atoms with van der Waals surface area (Å²) in [5, 5.41) is 3.43. The third-order valence-electron chi connectivity index (χ3n) is 4.83. The van der Waals surface area contributed by atoms with E-state index in [9.17, 15) is 0 Å². The molecule has 1 aromatic rings. The molecule has 3 rings (SSSR count). The number of likely N-dealkylation sites (tertiary alicyclic amines) is 1. The van der Waals surface area contributed by atoms with Gasteiger partial charge in [0.05, 0.1) is 0 Å². The number of aromatic nitrogens is 2. The molecule has 0 spiro atoms. The van der Waals surface area contributed by atoms with Crippen molar-refractivity contribution in [1.82, 2.24) is 14.9 Å². The van der Waals surface area contributed by atoms with E-state index < -0.39 is 0 Å². The van der Waals surface area contributed by atoms with Gasteiger partial charge in [0, 0.05) is 29.9 Å². The summed E-state index contributed by atoms with van der Waals surface area (Å²) in [7, 11) is 2.23. The van der Waals surface area contributed by atoms with E-state index in [-0.39, 0.29) is 0 Å². The Morgan fingerprint density at radius 2 is 2.10 bits per heavy atom. The topological polar surface area (TPSA) is 41.1 Å². The van der Waals surface area contributed by atoms with Crippen molar-refractivity contribution in [2.45, 2.75) is 57.4 Å². The molecule has 2 fully saturated rings. The molecule has 2 heterocycles. The van der Waals surface area contributed by atoms with Crippen molar-refractivity contribution >= 4 is 5.95 Å². The molecule has 1 saturated heterocycles. The Morgan fingerprint density at radius 1 is 1.25 bits per heavy atom. The second-order valence-corrected chi connectivity index (χ2v) is 6.38. The first kappa shape index (κ1) is 13.8. The number of hydrogen-bond donors (Lipinski definition) is 1. The van der Waals surface area contributed by atoms with Crippen molar-refractivity contribution in [2.24, 2.45) is 0 Å². The van der Waals surface area contributed by atoms with Crippen LogP contribution in [0.25, 0.3) is 0 Å². The molecule has 0 unspecified atom stereocenters. The maximum Gasteiger partial charge on any atom is 0.223 e. The van der Waals surface area contributed by atoms with Gasteiger partial charge in [-0.05, 0) is 58.7 Å². The van der Waals surface area contributed by atoms with E-state index in [2.05, 4.69) is 35.2 Å². The molecule has 110 valence electrons. The van der Waals surface area contributed by atoms with E-state index in [0.29, 0.717) is 5.92 Å². The average Bonchev–Trinajstić information content (AvgIpc) is 2.72. The molecule has 0 bridgehead atoms. The van der Waals surface area contributed by atoms with Gasteiger partial charge in [-0.15, -0.1) is 0 Å². The van der Waals surface area contributed by atoms with E-state index in [0.717, 1.165) is 24.2 Å². The predicted octanol–water partition coefficient (Wildman–Crippen LogP) is 2.95. The molecule has 1 saturated carbocycles. The first-order valence-corrected chi connectivity index (χ1v) is 8.02. The van der Waals surface area contributed by atoms with Crippen LogP contribution in [0.5, 0.6) is 0 Å². The summed E-state index contributed by atoms with van der Waals surface area (Å²) < 4.78 is 0. The molecule has 2 aliphatic rings. The summed E-state index contributed by atoms with van der Waals surface area (Å²) in [5.41, 5.74) is 2.33. The molecule has 0 amide bonds. The second-order valence-electron chi connectivity index (χ2n) is 6.38. The molecular weight excluding hydrogens is 248 g/mol. The summed E-state index contributed by atoms with van der Waals surface area (Å²) in [4.78, 5) is 11.7. The van der Waals surface area contributed by atoms with Gasteiger partial charge in [-0.2, -0.15) is 0 Å². The molecule has 1 aromatic heterocycles. The molecule has 1 N–H and O–H groups in total. The Bertz CT molecular complexity index is 456. The predicted molar refractivity (Wildman–Crippen MR) is 82.1 cm³/mol. The summed E-state index contributed by atoms with van der Waals surface area (Å²) in [6.07, 6.45) is 7.80. The maximum atomic E-state index is 4.70. The van der Waals surface area contributed by atoms with Gasteiger partial charge in [0.15, 0.2) is 0 Å². The summed E-state index contributed by atoms with van der Waals surface area (Å²) in [5.74, 6) is 1.51. The lowest BCUT2D eigenvalue weighted by atomic mass is 9.83. The van der Waals surface area contributed by atoms with Crippen LogP contribution in [-0.4, -0.2) is 41.0 Å². The molecule has 4 nitrogen and oxygen atoms in total. The summed E-state index contributed by atoms with van der Waals surface area (Å²) in [6, 6.07) is 2.89. The van der Waals surface area contributed by atoms with Crippen LogP contribution >= 0.6 is 0 Å². The molecular formula is C16H26N4. The first-order chi connectivity index (χ1) is 9.72. The van der Waals surface area contributed by atoms with E-state index in [4.69, 9.17) is 4.98 Å². The first-order valence-electron chi connectivity index (χ1n) is 8.02. The van der Waals surface area contributed by atoms with Crippen LogP contribution in [0, 0.1) is 6.92 Å². The minimum atomic E-state index is 0.679.